The second-order valence-electron chi connectivity index (χ2n) is 4.35. The van der Waals surface area contributed by atoms with Crippen molar-refractivity contribution in [2.75, 3.05) is 0 Å². The molecule has 3 heteroatoms. The lowest BCUT2D eigenvalue weighted by atomic mass is 9.86. The van der Waals surface area contributed by atoms with E-state index in [1.165, 1.54) is 0 Å². The minimum atomic E-state index is -0.862. The molecule has 0 saturated heterocycles. The van der Waals surface area contributed by atoms with E-state index in [2.05, 4.69) is 0 Å². The molecule has 1 fully saturated rings. The molecule has 0 heterocycles. The van der Waals surface area contributed by atoms with E-state index in [0.717, 1.165) is 11.1 Å². The molecule has 0 amide bonds. The number of aliphatic carboxylic acids is 1. The summed E-state index contributed by atoms with van der Waals surface area (Å²) in [5.74, 6) is -1.50. The lowest BCUT2D eigenvalue weighted by Gasteiger charge is -2.17. The fourth-order valence-electron chi connectivity index (χ4n) is 2.45. The van der Waals surface area contributed by atoms with Gasteiger partial charge in [-0.3, -0.25) is 9.59 Å². The summed E-state index contributed by atoms with van der Waals surface area (Å²) in [6, 6.07) is 7.70. The standard InChI is InChI=1S/C13H14O3/c1-8-4-2-3-5-10(8)11-6-9(14)7-12(11)13(15)16/h2-5,11-12H,6-7H2,1H3,(H,15,16). The molecule has 0 bridgehead atoms. The highest BCUT2D eigenvalue weighted by atomic mass is 16.4. The second kappa shape index (κ2) is 4.08. The van der Waals surface area contributed by atoms with E-state index in [0.29, 0.717) is 6.42 Å². The van der Waals surface area contributed by atoms with Crippen molar-refractivity contribution in [1.29, 1.82) is 0 Å². The molecule has 1 aromatic carbocycles. The number of carboxylic acids is 1. The SMILES string of the molecule is Cc1ccccc1C1CC(=O)CC1C(=O)O. The maximum absolute atomic E-state index is 11.4. The van der Waals surface area contributed by atoms with Crippen LogP contribution < -0.4 is 0 Å². The number of carbonyl (C=O) groups excluding carboxylic acids is 1. The van der Waals surface area contributed by atoms with Gasteiger partial charge in [0.15, 0.2) is 0 Å². The molecule has 0 spiro atoms. The van der Waals surface area contributed by atoms with Crippen molar-refractivity contribution in [3.63, 3.8) is 0 Å². The number of carbonyl (C=O) groups is 2. The Labute approximate surface area is 94.1 Å². The van der Waals surface area contributed by atoms with Gasteiger partial charge in [-0.25, -0.2) is 0 Å². The molecule has 2 unspecified atom stereocenters. The Kier molecular flexibility index (Phi) is 2.77. The van der Waals surface area contributed by atoms with Crippen LogP contribution in [0.3, 0.4) is 0 Å². The van der Waals surface area contributed by atoms with Crippen molar-refractivity contribution < 1.29 is 14.7 Å². The molecule has 16 heavy (non-hydrogen) atoms. The van der Waals surface area contributed by atoms with Crippen LogP contribution in [0.1, 0.15) is 29.9 Å². The molecular weight excluding hydrogens is 204 g/mol. The van der Waals surface area contributed by atoms with Gasteiger partial charge >= 0.3 is 5.97 Å². The zero-order valence-corrected chi connectivity index (χ0v) is 9.14. The van der Waals surface area contributed by atoms with Gasteiger partial charge in [-0.15, -0.1) is 0 Å². The largest absolute Gasteiger partial charge is 0.481 e. The smallest absolute Gasteiger partial charge is 0.307 e. The van der Waals surface area contributed by atoms with Gasteiger partial charge < -0.3 is 5.11 Å². The first kappa shape index (κ1) is 10.9. The van der Waals surface area contributed by atoms with Crippen molar-refractivity contribution in [1.82, 2.24) is 0 Å². The number of hydrogen-bond acceptors (Lipinski definition) is 2. The van der Waals surface area contributed by atoms with Gasteiger partial charge in [0.05, 0.1) is 5.92 Å². The summed E-state index contributed by atoms with van der Waals surface area (Å²) < 4.78 is 0. The fourth-order valence-corrected chi connectivity index (χ4v) is 2.45. The summed E-state index contributed by atoms with van der Waals surface area (Å²) in [5.41, 5.74) is 2.06. The average Bonchev–Trinajstić information content (AvgIpc) is 2.61. The van der Waals surface area contributed by atoms with E-state index in [4.69, 9.17) is 5.11 Å². The van der Waals surface area contributed by atoms with Gasteiger partial charge in [0.25, 0.3) is 0 Å². The molecule has 3 nitrogen and oxygen atoms in total. The second-order valence-corrected chi connectivity index (χ2v) is 4.35. The minimum absolute atomic E-state index is 0.0562. The number of aryl methyl sites for hydroxylation is 1. The van der Waals surface area contributed by atoms with Crippen LogP contribution in [0.4, 0.5) is 0 Å². The Morgan fingerprint density at radius 2 is 2.00 bits per heavy atom. The van der Waals surface area contributed by atoms with E-state index in [-0.39, 0.29) is 18.1 Å². The van der Waals surface area contributed by atoms with Crippen LogP contribution in [-0.4, -0.2) is 16.9 Å². The topological polar surface area (TPSA) is 54.4 Å². The summed E-state index contributed by atoms with van der Waals surface area (Å²) in [4.78, 5) is 22.5. The van der Waals surface area contributed by atoms with Gasteiger partial charge in [0, 0.05) is 18.8 Å². The monoisotopic (exact) mass is 218 g/mol. The average molecular weight is 218 g/mol. The highest BCUT2D eigenvalue weighted by molar-refractivity contribution is 5.89. The summed E-state index contributed by atoms with van der Waals surface area (Å²) in [6.07, 6.45) is 0.538. The van der Waals surface area contributed by atoms with E-state index < -0.39 is 11.9 Å². The van der Waals surface area contributed by atoms with Crippen LogP contribution in [0, 0.1) is 12.8 Å². The van der Waals surface area contributed by atoms with Gasteiger partial charge in [-0.05, 0) is 18.1 Å². The number of ketones is 1. The molecule has 0 aliphatic heterocycles. The quantitative estimate of drug-likeness (QED) is 0.827. The van der Waals surface area contributed by atoms with Gasteiger partial charge in [0.2, 0.25) is 0 Å². The third kappa shape index (κ3) is 1.85. The Hall–Kier alpha value is -1.64. The first-order valence-corrected chi connectivity index (χ1v) is 5.39. The lowest BCUT2D eigenvalue weighted by molar-refractivity contribution is -0.142. The summed E-state index contributed by atoms with van der Waals surface area (Å²) in [7, 11) is 0. The van der Waals surface area contributed by atoms with Crippen LogP contribution in [0.2, 0.25) is 0 Å². The predicted molar refractivity (Wildman–Crippen MR) is 59.3 cm³/mol. The third-order valence-corrected chi connectivity index (χ3v) is 3.29. The zero-order valence-electron chi connectivity index (χ0n) is 9.14. The van der Waals surface area contributed by atoms with Gasteiger partial charge in [0.1, 0.15) is 5.78 Å². The van der Waals surface area contributed by atoms with E-state index in [1.807, 2.05) is 31.2 Å². The van der Waals surface area contributed by atoms with Crippen molar-refractivity contribution in [3.05, 3.63) is 35.4 Å². The zero-order chi connectivity index (χ0) is 11.7. The van der Waals surface area contributed by atoms with Crippen molar-refractivity contribution >= 4 is 11.8 Å². The van der Waals surface area contributed by atoms with Crippen LogP contribution in [-0.2, 0) is 9.59 Å². The molecule has 2 rings (SSSR count). The summed E-state index contributed by atoms with van der Waals surface area (Å²) in [6.45, 7) is 1.96. The van der Waals surface area contributed by atoms with Gasteiger partial charge in [-0.2, -0.15) is 0 Å². The number of carboxylic acid groups (broad SMARTS) is 1. The van der Waals surface area contributed by atoms with Crippen molar-refractivity contribution in [2.45, 2.75) is 25.7 Å². The molecule has 1 saturated carbocycles. The van der Waals surface area contributed by atoms with Crippen LogP contribution in [0.5, 0.6) is 0 Å². The number of Topliss-reactive ketones (excluding diaryl/α,β-unsaturated/α-hetero) is 1. The molecule has 1 aliphatic rings. The third-order valence-electron chi connectivity index (χ3n) is 3.29. The van der Waals surface area contributed by atoms with Crippen molar-refractivity contribution in [3.8, 4) is 0 Å². The van der Waals surface area contributed by atoms with Gasteiger partial charge in [-0.1, -0.05) is 24.3 Å². The molecular formula is C13H14O3. The van der Waals surface area contributed by atoms with Crippen molar-refractivity contribution in [2.24, 2.45) is 5.92 Å². The minimum Gasteiger partial charge on any atom is -0.481 e. The molecule has 1 N–H and O–H groups in total. The first-order chi connectivity index (χ1) is 7.59. The highest BCUT2D eigenvalue weighted by Crippen LogP contribution is 2.38. The molecule has 1 aliphatic carbocycles. The summed E-state index contributed by atoms with van der Waals surface area (Å²) in [5, 5.41) is 9.10. The Bertz CT molecular complexity index is 437. The highest BCUT2D eigenvalue weighted by Gasteiger charge is 2.39. The summed E-state index contributed by atoms with van der Waals surface area (Å²) >= 11 is 0. The molecule has 1 aromatic rings. The Morgan fingerprint density at radius 3 is 2.62 bits per heavy atom. The van der Waals surface area contributed by atoms with E-state index in [9.17, 15) is 9.59 Å². The maximum atomic E-state index is 11.4. The number of hydrogen-bond donors (Lipinski definition) is 1. The first-order valence-electron chi connectivity index (χ1n) is 5.39. The van der Waals surface area contributed by atoms with E-state index in [1.54, 1.807) is 0 Å². The lowest BCUT2D eigenvalue weighted by Crippen LogP contribution is -2.17. The van der Waals surface area contributed by atoms with Crippen LogP contribution >= 0.6 is 0 Å². The fraction of sp³-hybridized carbons (Fsp3) is 0.385. The normalized spacial score (nSPS) is 24.7. The number of benzene rings is 1. The maximum Gasteiger partial charge on any atom is 0.307 e. The Balaban J connectivity index is 2.36. The predicted octanol–water partition coefficient (Wildman–Crippen LogP) is 2.14. The molecule has 0 aromatic heterocycles. The number of rotatable bonds is 2. The van der Waals surface area contributed by atoms with Crippen LogP contribution in [0.15, 0.2) is 24.3 Å². The Morgan fingerprint density at radius 1 is 1.31 bits per heavy atom. The molecule has 2 atom stereocenters. The molecule has 0 radical (unpaired) electrons. The van der Waals surface area contributed by atoms with Crippen LogP contribution in [0.25, 0.3) is 0 Å². The molecule has 84 valence electrons. The van der Waals surface area contributed by atoms with E-state index >= 15 is 0 Å².